The van der Waals surface area contributed by atoms with Crippen molar-refractivity contribution < 1.29 is 4.42 Å². The van der Waals surface area contributed by atoms with Crippen molar-refractivity contribution in [3.8, 4) is 11.5 Å². The van der Waals surface area contributed by atoms with Crippen molar-refractivity contribution in [2.75, 3.05) is 0 Å². The summed E-state index contributed by atoms with van der Waals surface area (Å²) in [5.74, 6) is 2.87. The Bertz CT molecular complexity index is 445. The van der Waals surface area contributed by atoms with Crippen molar-refractivity contribution in [3.05, 3.63) is 24.3 Å². The fraction of sp³-hybridized carbons (Fsp3) is 0.100. The van der Waals surface area contributed by atoms with E-state index < -0.39 is 9.52 Å². The van der Waals surface area contributed by atoms with E-state index in [2.05, 4.69) is 16.4 Å². The highest BCUT2D eigenvalue weighted by Crippen LogP contribution is 2.08. The van der Waals surface area contributed by atoms with Crippen LogP contribution in [0.2, 0.25) is 0 Å². The summed E-state index contributed by atoms with van der Waals surface area (Å²) in [6, 6.07) is 7.79. The van der Waals surface area contributed by atoms with Gasteiger partial charge in [-0.25, -0.2) is 4.98 Å². The van der Waals surface area contributed by atoms with Gasteiger partial charge in [-0.3, -0.25) is 0 Å². The summed E-state index contributed by atoms with van der Waals surface area (Å²) in [5, 5.41) is 0. The Hall–Kier alpha value is -1.53. The van der Waals surface area contributed by atoms with Gasteiger partial charge in [0.05, 0.1) is 0 Å². The Kier molecular flexibility index (Phi) is 2.15. The molecule has 0 aliphatic heterocycles. The molecule has 2 rings (SSSR count). The summed E-state index contributed by atoms with van der Waals surface area (Å²) in [6.45, 7) is 1.84. The lowest BCUT2D eigenvalue weighted by molar-refractivity contribution is 0.643. The van der Waals surface area contributed by atoms with Gasteiger partial charge >= 0.3 is 0 Å². The molecule has 0 unspecified atom stereocenters. The molecule has 2 aromatic rings. The number of para-hydroxylation sites is 2. The van der Waals surface area contributed by atoms with Crippen LogP contribution in [0.4, 0.5) is 0 Å². The third-order valence-corrected chi connectivity index (χ3v) is 2.89. The van der Waals surface area contributed by atoms with Gasteiger partial charge < -0.3 is 4.42 Å². The fourth-order valence-electron chi connectivity index (χ4n) is 1.16. The first-order chi connectivity index (χ1) is 6.40. The second-order valence-corrected chi connectivity index (χ2v) is 3.99. The van der Waals surface area contributed by atoms with E-state index in [1.807, 2.05) is 31.2 Å². The molecule has 0 N–H and O–H groups in total. The lowest BCUT2D eigenvalue weighted by Crippen LogP contribution is -2.12. The standard InChI is InChI=1S/C10H9NOSi/c1-2-7-13-10-11-8-5-3-4-6-9(8)12-10/h3-6H,13H2,1H3. The largest absolute Gasteiger partial charge is 0.445 e. The number of nitrogens with zero attached hydrogens (tertiary/aromatic N) is 1. The van der Waals surface area contributed by atoms with Gasteiger partial charge in [-0.15, -0.1) is 11.5 Å². The molecule has 3 heteroatoms. The number of hydrogen-bond donors (Lipinski definition) is 0. The van der Waals surface area contributed by atoms with Crippen LogP contribution in [0.3, 0.4) is 0 Å². The second kappa shape index (κ2) is 3.46. The first-order valence-electron chi connectivity index (χ1n) is 4.14. The van der Waals surface area contributed by atoms with Crippen LogP contribution in [0.25, 0.3) is 11.1 Å². The van der Waals surface area contributed by atoms with E-state index in [-0.39, 0.29) is 0 Å². The van der Waals surface area contributed by atoms with Gasteiger partial charge in [0, 0.05) is 0 Å². The molecule has 13 heavy (non-hydrogen) atoms. The summed E-state index contributed by atoms with van der Waals surface area (Å²) >= 11 is 0. The number of rotatable bonds is 1. The van der Waals surface area contributed by atoms with E-state index in [0.717, 1.165) is 16.6 Å². The van der Waals surface area contributed by atoms with E-state index in [1.165, 1.54) is 0 Å². The zero-order chi connectivity index (χ0) is 9.10. The van der Waals surface area contributed by atoms with E-state index >= 15 is 0 Å². The van der Waals surface area contributed by atoms with Crippen LogP contribution in [0, 0.1) is 11.5 Å². The predicted octanol–water partition coefficient (Wildman–Crippen LogP) is 0.603. The van der Waals surface area contributed by atoms with Crippen LogP contribution in [0.15, 0.2) is 28.7 Å². The minimum absolute atomic E-state index is 0.610. The normalized spacial score (nSPS) is 10.5. The molecule has 1 aromatic heterocycles. The van der Waals surface area contributed by atoms with Crippen LogP contribution in [0.5, 0.6) is 0 Å². The third-order valence-electron chi connectivity index (χ3n) is 1.75. The highest BCUT2D eigenvalue weighted by Gasteiger charge is 2.02. The Labute approximate surface area is 78.8 Å². The van der Waals surface area contributed by atoms with Crippen molar-refractivity contribution in [2.45, 2.75) is 6.92 Å². The number of hydrogen-bond acceptors (Lipinski definition) is 2. The zero-order valence-electron chi connectivity index (χ0n) is 7.37. The lowest BCUT2D eigenvalue weighted by atomic mass is 10.3. The molecule has 0 aliphatic carbocycles. The van der Waals surface area contributed by atoms with E-state index in [9.17, 15) is 0 Å². The third kappa shape index (κ3) is 1.63. The van der Waals surface area contributed by atoms with E-state index in [1.54, 1.807) is 0 Å². The van der Waals surface area contributed by atoms with E-state index in [4.69, 9.17) is 4.42 Å². The number of oxazole rings is 1. The fourth-order valence-corrected chi connectivity index (χ4v) is 1.96. The number of fused-ring (bicyclic) bond motifs is 1. The first kappa shape index (κ1) is 8.08. The number of aromatic nitrogens is 1. The Morgan fingerprint density at radius 1 is 1.38 bits per heavy atom. The molecule has 1 heterocycles. The highest BCUT2D eigenvalue weighted by atomic mass is 28.2. The van der Waals surface area contributed by atoms with Crippen LogP contribution >= 0.6 is 0 Å². The minimum Gasteiger partial charge on any atom is -0.445 e. The molecule has 1 aromatic carbocycles. The molecular weight excluding hydrogens is 178 g/mol. The minimum atomic E-state index is -0.610. The summed E-state index contributed by atoms with van der Waals surface area (Å²) in [5.41, 5.74) is 5.68. The molecular formula is C10H9NOSi. The Morgan fingerprint density at radius 3 is 3.00 bits per heavy atom. The summed E-state index contributed by atoms with van der Waals surface area (Å²) < 4.78 is 5.52. The van der Waals surface area contributed by atoms with Crippen LogP contribution in [0.1, 0.15) is 6.92 Å². The van der Waals surface area contributed by atoms with Crippen LogP contribution in [-0.2, 0) is 0 Å². The molecule has 0 atom stereocenters. The molecule has 0 amide bonds. The molecule has 0 fully saturated rings. The molecule has 0 aliphatic rings. The highest BCUT2D eigenvalue weighted by molar-refractivity contribution is 6.59. The van der Waals surface area contributed by atoms with E-state index in [0.29, 0.717) is 0 Å². The number of benzene rings is 1. The smallest absolute Gasteiger partial charge is 0.206 e. The molecule has 0 saturated heterocycles. The SMILES string of the molecule is CC#C[SiH2]c1nc2ccccc2o1. The topological polar surface area (TPSA) is 26.0 Å². The van der Waals surface area contributed by atoms with Crippen LogP contribution in [-0.4, -0.2) is 14.5 Å². The summed E-state index contributed by atoms with van der Waals surface area (Å²) in [4.78, 5) is 4.34. The molecule has 64 valence electrons. The molecule has 0 saturated carbocycles. The molecule has 2 nitrogen and oxygen atoms in total. The maximum Gasteiger partial charge on any atom is 0.206 e. The van der Waals surface area contributed by atoms with Gasteiger partial charge in [0.1, 0.15) is 5.52 Å². The van der Waals surface area contributed by atoms with Crippen molar-refractivity contribution in [1.82, 2.24) is 4.98 Å². The summed E-state index contributed by atoms with van der Waals surface area (Å²) in [7, 11) is -0.610. The van der Waals surface area contributed by atoms with Gasteiger partial charge in [0.15, 0.2) is 11.1 Å². The van der Waals surface area contributed by atoms with Gasteiger partial charge in [-0.2, -0.15) is 0 Å². The van der Waals surface area contributed by atoms with Gasteiger partial charge in [0.2, 0.25) is 9.52 Å². The zero-order valence-corrected chi connectivity index (χ0v) is 8.79. The van der Waals surface area contributed by atoms with Crippen LogP contribution < -0.4 is 5.51 Å². The predicted molar refractivity (Wildman–Crippen MR) is 55.6 cm³/mol. The molecule has 0 radical (unpaired) electrons. The van der Waals surface area contributed by atoms with Crippen molar-refractivity contribution in [1.29, 1.82) is 0 Å². The monoisotopic (exact) mass is 187 g/mol. The molecule has 0 bridgehead atoms. The maximum absolute atomic E-state index is 5.52. The second-order valence-electron chi connectivity index (χ2n) is 2.68. The van der Waals surface area contributed by atoms with Crippen molar-refractivity contribution in [3.63, 3.8) is 0 Å². The van der Waals surface area contributed by atoms with Crippen molar-refractivity contribution >= 4 is 26.1 Å². The van der Waals surface area contributed by atoms with Gasteiger partial charge in [-0.1, -0.05) is 12.1 Å². The average Bonchev–Trinajstić information content (AvgIpc) is 2.57. The molecule has 0 spiro atoms. The lowest BCUT2D eigenvalue weighted by Gasteiger charge is -1.80. The Morgan fingerprint density at radius 2 is 2.23 bits per heavy atom. The summed E-state index contributed by atoms with van der Waals surface area (Å²) in [6.07, 6.45) is 0. The van der Waals surface area contributed by atoms with Gasteiger partial charge in [0.25, 0.3) is 0 Å². The Balaban J connectivity index is 2.42. The maximum atomic E-state index is 5.52. The van der Waals surface area contributed by atoms with Crippen molar-refractivity contribution in [2.24, 2.45) is 0 Å². The quantitative estimate of drug-likeness (QED) is 0.483. The first-order valence-corrected chi connectivity index (χ1v) is 5.55. The average molecular weight is 187 g/mol. The van der Waals surface area contributed by atoms with Gasteiger partial charge in [-0.05, 0) is 19.1 Å².